The minimum atomic E-state index is -3.52. The van der Waals surface area contributed by atoms with Gasteiger partial charge in [0.15, 0.2) is 0 Å². The van der Waals surface area contributed by atoms with Crippen molar-refractivity contribution in [2.75, 3.05) is 13.1 Å². The third-order valence-corrected chi connectivity index (χ3v) is 5.94. The summed E-state index contributed by atoms with van der Waals surface area (Å²) in [5.41, 5.74) is 0.847. The molecule has 1 saturated heterocycles. The second kappa shape index (κ2) is 6.34. The Bertz CT molecular complexity index is 638. The summed E-state index contributed by atoms with van der Waals surface area (Å²) in [6, 6.07) is 4.83. The monoisotopic (exact) mass is 330 g/mol. The van der Waals surface area contributed by atoms with E-state index in [9.17, 15) is 13.2 Å². The second-order valence-corrected chi connectivity index (χ2v) is 7.64. The van der Waals surface area contributed by atoms with Crippen LogP contribution < -0.4 is 5.32 Å². The van der Waals surface area contributed by atoms with Crippen molar-refractivity contribution in [3.05, 3.63) is 28.8 Å². The Kier molecular flexibility index (Phi) is 4.91. The van der Waals surface area contributed by atoms with E-state index in [1.54, 1.807) is 12.1 Å². The molecule has 116 valence electrons. The first-order valence-electron chi connectivity index (χ1n) is 6.84. The number of nitrogens with one attached hydrogen (secondary N) is 1. The number of carbonyl (C=O) groups is 1. The molecule has 5 nitrogen and oxygen atoms in total. The Morgan fingerprint density at radius 2 is 1.95 bits per heavy atom. The van der Waals surface area contributed by atoms with Crippen LogP contribution >= 0.6 is 11.6 Å². The molecule has 2 rings (SSSR count). The van der Waals surface area contributed by atoms with Crippen molar-refractivity contribution in [3.63, 3.8) is 0 Å². The standard InChI is InChI=1S/C14H19ClN2O3S/c1-10-3-4-13(9-14(10)15)21(19,20)17-7-5-12(6-8-17)16-11(2)18/h3-4,9,12H,5-8H2,1-2H3,(H,16,18). The molecular formula is C14H19ClN2O3S. The SMILES string of the molecule is CC(=O)NC1CCN(S(=O)(=O)c2ccc(C)c(Cl)c2)CC1. The molecule has 1 heterocycles. The van der Waals surface area contributed by atoms with Crippen molar-refractivity contribution < 1.29 is 13.2 Å². The van der Waals surface area contributed by atoms with Gasteiger partial charge in [-0.05, 0) is 37.5 Å². The molecule has 0 radical (unpaired) electrons. The lowest BCUT2D eigenvalue weighted by molar-refractivity contribution is -0.119. The molecule has 1 amide bonds. The van der Waals surface area contributed by atoms with Crippen molar-refractivity contribution in [2.45, 2.75) is 37.6 Å². The number of carbonyl (C=O) groups excluding carboxylic acids is 1. The molecule has 1 N–H and O–H groups in total. The van der Waals surface area contributed by atoms with Gasteiger partial charge in [-0.1, -0.05) is 17.7 Å². The van der Waals surface area contributed by atoms with Crippen LogP contribution in [0.25, 0.3) is 0 Å². The summed E-state index contributed by atoms with van der Waals surface area (Å²) in [5, 5.41) is 3.28. The highest BCUT2D eigenvalue weighted by atomic mass is 35.5. The van der Waals surface area contributed by atoms with E-state index in [1.807, 2.05) is 6.92 Å². The van der Waals surface area contributed by atoms with Gasteiger partial charge >= 0.3 is 0 Å². The van der Waals surface area contributed by atoms with Crippen molar-refractivity contribution in [1.29, 1.82) is 0 Å². The van der Waals surface area contributed by atoms with E-state index < -0.39 is 10.0 Å². The number of hydrogen-bond donors (Lipinski definition) is 1. The topological polar surface area (TPSA) is 66.5 Å². The van der Waals surface area contributed by atoms with Gasteiger partial charge in [0.2, 0.25) is 15.9 Å². The van der Waals surface area contributed by atoms with Gasteiger partial charge in [-0.3, -0.25) is 4.79 Å². The van der Waals surface area contributed by atoms with Crippen molar-refractivity contribution in [3.8, 4) is 0 Å². The quantitative estimate of drug-likeness (QED) is 0.921. The normalized spacial score (nSPS) is 17.7. The van der Waals surface area contributed by atoms with Crippen molar-refractivity contribution in [1.82, 2.24) is 9.62 Å². The first kappa shape index (κ1) is 16.3. The number of rotatable bonds is 3. The first-order valence-corrected chi connectivity index (χ1v) is 8.66. The molecule has 0 aromatic heterocycles. The molecule has 0 aliphatic carbocycles. The minimum Gasteiger partial charge on any atom is -0.354 e. The predicted octanol–water partition coefficient (Wildman–Crippen LogP) is 1.94. The Balaban J connectivity index is 2.11. The molecule has 0 spiro atoms. The Morgan fingerprint density at radius 3 is 2.48 bits per heavy atom. The Hall–Kier alpha value is -1.11. The highest BCUT2D eigenvalue weighted by Gasteiger charge is 2.29. The van der Waals surface area contributed by atoms with E-state index in [1.165, 1.54) is 17.3 Å². The van der Waals surface area contributed by atoms with Crippen LogP contribution in [0.1, 0.15) is 25.3 Å². The smallest absolute Gasteiger partial charge is 0.243 e. The largest absolute Gasteiger partial charge is 0.354 e. The lowest BCUT2D eigenvalue weighted by Gasteiger charge is -2.31. The lowest BCUT2D eigenvalue weighted by atomic mass is 10.1. The number of benzene rings is 1. The summed E-state index contributed by atoms with van der Waals surface area (Å²) < 4.78 is 26.6. The van der Waals surface area contributed by atoms with Crippen LogP contribution in [0.5, 0.6) is 0 Å². The number of piperidine rings is 1. The number of sulfonamides is 1. The summed E-state index contributed by atoms with van der Waals surface area (Å²) in [7, 11) is -3.52. The van der Waals surface area contributed by atoms with E-state index in [0.29, 0.717) is 31.0 Å². The van der Waals surface area contributed by atoms with Crippen LogP contribution in [0.2, 0.25) is 5.02 Å². The fourth-order valence-corrected chi connectivity index (χ4v) is 4.15. The number of nitrogens with zero attached hydrogens (tertiary/aromatic N) is 1. The van der Waals surface area contributed by atoms with Gasteiger partial charge in [0, 0.05) is 31.1 Å². The third kappa shape index (κ3) is 3.75. The maximum atomic E-state index is 12.6. The highest BCUT2D eigenvalue weighted by molar-refractivity contribution is 7.89. The predicted molar refractivity (Wildman–Crippen MR) is 81.8 cm³/mol. The summed E-state index contributed by atoms with van der Waals surface area (Å²) in [5.74, 6) is -0.0818. The van der Waals surface area contributed by atoms with Gasteiger partial charge in [-0.25, -0.2) is 8.42 Å². The molecule has 1 aromatic rings. The van der Waals surface area contributed by atoms with Crippen LogP contribution in [-0.4, -0.2) is 37.8 Å². The van der Waals surface area contributed by atoms with Gasteiger partial charge in [-0.2, -0.15) is 4.31 Å². The van der Waals surface area contributed by atoms with Crippen LogP contribution in [0.4, 0.5) is 0 Å². The average Bonchev–Trinajstić information content (AvgIpc) is 2.41. The van der Waals surface area contributed by atoms with Gasteiger partial charge < -0.3 is 5.32 Å². The lowest BCUT2D eigenvalue weighted by Crippen LogP contribution is -2.46. The molecule has 0 saturated carbocycles. The highest BCUT2D eigenvalue weighted by Crippen LogP contribution is 2.25. The fourth-order valence-electron chi connectivity index (χ4n) is 2.41. The van der Waals surface area contributed by atoms with Crippen molar-refractivity contribution in [2.24, 2.45) is 0 Å². The first-order chi connectivity index (χ1) is 9.80. The molecule has 0 unspecified atom stereocenters. The van der Waals surface area contributed by atoms with Gasteiger partial charge in [0.05, 0.1) is 4.90 Å². The van der Waals surface area contributed by atoms with E-state index in [4.69, 9.17) is 11.6 Å². The fraction of sp³-hybridized carbons (Fsp3) is 0.500. The molecule has 21 heavy (non-hydrogen) atoms. The second-order valence-electron chi connectivity index (χ2n) is 5.29. The molecule has 1 aromatic carbocycles. The molecule has 0 bridgehead atoms. The molecular weight excluding hydrogens is 312 g/mol. The van der Waals surface area contributed by atoms with Crippen LogP contribution in [0.3, 0.4) is 0 Å². The number of hydrogen-bond acceptors (Lipinski definition) is 3. The summed E-state index contributed by atoms with van der Waals surface area (Å²) >= 11 is 6.01. The van der Waals surface area contributed by atoms with E-state index in [-0.39, 0.29) is 16.8 Å². The zero-order chi connectivity index (χ0) is 15.6. The molecule has 1 aliphatic heterocycles. The minimum absolute atomic E-state index is 0.0514. The molecule has 1 aliphatic rings. The maximum Gasteiger partial charge on any atom is 0.243 e. The van der Waals surface area contributed by atoms with Crippen LogP contribution in [0.15, 0.2) is 23.1 Å². The summed E-state index contributed by atoms with van der Waals surface area (Å²) in [6.45, 7) is 4.10. The van der Waals surface area contributed by atoms with Gasteiger partial charge in [0.25, 0.3) is 0 Å². The summed E-state index contributed by atoms with van der Waals surface area (Å²) in [4.78, 5) is 11.2. The Morgan fingerprint density at radius 1 is 1.33 bits per heavy atom. The third-order valence-electron chi connectivity index (χ3n) is 3.64. The number of halogens is 1. The molecule has 7 heteroatoms. The Labute approximate surface area is 130 Å². The average molecular weight is 331 g/mol. The summed E-state index contributed by atoms with van der Waals surface area (Å²) in [6.07, 6.45) is 1.25. The molecule has 0 atom stereocenters. The molecule has 1 fully saturated rings. The number of aryl methyl sites for hydroxylation is 1. The van der Waals surface area contributed by atoms with Crippen LogP contribution in [-0.2, 0) is 14.8 Å². The van der Waals surface area contributed by atoms with Gasteiger partial charge in [-0.15, -0.1) is 0 Å². The van der Waals surface area contributed by atoms with Gasteiger partial charge in [0.1, 0.15) is 0 Å². The van der Waals surface area contributed by atoms with Crippen molar-refractivity contribution >= 4 is 27.5 Å². The van der Waals surface area contributed by atoms with E-state index in [2.05, 4.69) is 5.32 Å². The van der Waals surface area contributed by atoms with Crippen LogP contribution in [0, 0.1) is 6.92 Å². The van der Waals surface area contributed by atoms with E-state index >= 15 is 0 Å². The zero-order valence-electron chi connectivity index (χ0n) is 12.1. The number of amides is 1. The zero-order valence-corrected chi connectivity index (χ0v) is 13.7. The maximum absolute atomic E-state index is 12.6. The van der Waals surface area contributed by atoms with E-state index in [0.717, 1.165) is 5.56 Å².